The minimum atomic E-state index is -0.740. The van der Waals surface area contributed by atoms with Crippen LogP contribution in [0.2, 0.25) is 0 Å². The summed E-state index contributed by atoms with van der Waals surface area (Å²) in [6.45, 7) is 0.486. The molecule has 1 amide bonds. The minimum absolute atomic E-state index is 0.0202. The normalized spacial score (nSPS) is 18.7. The number of hydrogen-bond donors (Lipinski definition) is 1. The maximum absolute atomic E-state index is 12.8. The number of carbonyl (C=O) groups is 2. The molecule has 1 aromatic heterocycles. The molecule has 1 aromatic carbocycles. The standard InChI is InChI=1S/C20H20N2O5/c1-26-12-11-22-17(13-7-9-21-10-8-13)16(19(24)20(22)25)18(23)14-5-3-4-6-15(14)27-2/h3-10,17,23H,11-12H2,1-2H3/b18-16-. The molecule has 1 atom stereocenters. The van der Waals surface area contributed by atoms with Gasteiger partial charge in [0.1, 0.15) is 11.5 Å². The topological polar surface area (TPSA) is 89.0 Å². The van der Waals surface area contributed by atoms with E-state index in [1.807, 2.05) is 0 Å². The second kappa shape index (κ2) is 8.01. The van der Waals surface area contributed by atoms with Gasteiger partial charge in [0.25, 0.3) is 11.7 Å². The largest absolute Gasteiger partial charge is 0.507 e. The number of carbonyl (C=O) groups excluding carboxylic acids is 2. The summed E-state index contributed by atoms with van der Waals surface area (Å²) in [7, 11) is 3.00. The van der Waals surface area contributed by atoms with Crippen molar-refractivity contribution in [2.24, 2.45) is 0 Å². The van der Waals surface area contributed by atoms with Gasteiger partial charge < -0.3 is 19.5 Å². The predicted molar refractivity (Wildman–Crippen MR) is 98.1 cm³/mol. The second-order valence-corrected chi connectivity index (χ2v) is 5.97. The van der Waals surface area contributed by atoms with E-state index in [0.717, 1.165) is 0 Å². The maximum atomic E-state index is 12.8. The number of hydrogen-bond acceptors (Lipinski definition) is 6. The van der Waals surface area contributed by atoms with Crippen molar-refractivity contribution < 1.29 is 24.2 Å². The van der Waals surface area contributed by atoms with E-state index in [1.54, 1.807) is 48.8 Å². The minimum Gasteiger partial charge on any atom is -0.507 e. The Hall–Kier alpha value is -3.19. The zero-order valence-electron chi connectivity index (χ0n) is 15.1. The third-order valence-electron chi connectivity index (χ3n) is 4.46. The number of ether oxygens (including phenoxy) is 2. The van der Waals surface area contributed by atoms with Crippen LogP contribution in [0.25, 0.3) is 5.76 Å². The molecule has 1 aliphatic heterocycles. The van der Waals surface area contributed by atoms with Crippen molar-refractivity contribution in [3.8, 4) is 5.75 Å². The molecule has 2 heterocycles. The highest BCUT2D eigenvalue weighted by atomic mass is 16.5. The summed E-state index contributed by atoms with van der Waals surface area (Å²) in [6, 6.07) is 9.50. The fourth-order valence-corrected chi connectivity index (χ4v) is 3.18. The fraction of sp³-hybridized carbons (Fsp3) is 0.250. The number of aromatic nitrogens is 1. The number of para-hydroxylation sites is 1. The van der Waals surface area contributed by atoms with Crippen LogP contribution in [-0.4, -0.2) is 54.1 Å². The summed E-state index contributed by atoms with van der Waals surface area (Å²) >= 11 is 0. The zero-order valence-corrected chi connectivity index (χ0v) is 15.1. The number of benzene rings is 1. The third kappa shape index (κ3) is 3.41. The number of amides is 1. The Morgan fingerprint density at radius 1 is 1.15 bits per heavy atom. The second-order valence-electron chi connectivity index (χ2n) is 5.97. The Morgan fingerprint density at radius 3 is 2.52 bits per heavy atom. The molecule has 27 heavy (non-hydrogen) atoms. The highest BCUT2D eigenvalue weighted by molar-refractivity contribution is 6.46. The van der Waals surface area contributed by atoms with Crippen LogP contribution in [-0.2, 0) is 14.3 Å². The van der Waals surface area contributed by atoms with E-state index < -0.39 is 17.7 Å². The first-order chi connectivity index (χ1) is 13.1. The van der Waals surface area contributed by atoms with Gasteiger partial charge in [0.05, 0.1) is 30.9 Å². The van der Waals surface area contributed by atoms with E-state index in [0.29, 0.717) is 16.9 Å². The molecule has 0 spiro atoms. The van der Waals surface area contributed by atoms with Gasteiger partial charge in [-0.2, -0.15) is 0 Å². The summed E-state index contributed by atoms with van der Waals surface area (Å²) in [5.74, 6) is -1.28. The average Bonchev–Trinajstić information content (AvgIpc) is 2.97. The van der Waals surface area contributed by atoms with Crippen molar-refractivity contribution in [1.82, 2.24) is 9.88 Å². The molecule has 0 aliphatic carbocycles. The smallest absolute Gasteiger partial charge is 0.295 e. The van der Waals surface area contributed by atoms with Crippen LogP contribution in [0.5, 0.6) is 5.75 Å². The monoisotopic (exact) mass is 368 g/mol. The molecule has 7 nitrogen and oxygen atoms in total. The Kier molecular flexibility index (Phi) is 5.52. The summed E-state index contributed by atoms with van der Waals surface area (Å²) < 4.78 is 10.4. The zero-order chi connectivity index (χ0) is 19.4. The molecule has 1 N–H and O–H groups in total. The number of Topliss-reactive ketones (excluding diaryl/α,β-unsaturated/α-hetero) is 1. The van der Waals surface area contributed by atoms with Gasteiger partial charge in [-0.1, -0.05) is 12.1 Å². The molecule has 7 heteroatoms. The van der Waals surface area contributed by atoms with E-state index in [2.05, 4.69) is 4.98 Å². The molecule has 1 saturated heterocycles. The number of ketones is 1. The van der Waals surface area contributed by atoms with Gasteiger partial charge in [0.2, 0.25) is 0 Å². The van der Waals surface area contributed by atoms with Crippen molar-refractivity contribution >= 4 is 17.4 Å². The lowest BCUT2D eigenvalue weighted by Crippen LogP contribution is -2.32. The average molecular weight is 368 g/mol. The summed E-state index contributed by atoms with van der Waals surface area (Å²) in [6.07, 6.45) is 3.16. The van der Waals surface area contributed by atoms with Crippen molar-refractivity contribution in [3.63, 3.8) is 0 Å². The number of nitrogens with zero attached hydrogens (tertiary/aromatic N) is 2. The number of rotatable bonds is 6. The van der Waals surface area contributed by atoms with Crippen LogP contribution < -0.4 is 4.74 Å². The highest BCUT2D eigenvalue weighted by Crippen LogP contribution is 2.40. The van der Waals surface area contributed by atoms with Crippen molar-refractivity contribution in [1.29, 1.82) is 0 Å². The lowest BCUT2D eigenvalue weighted by Gasteiger charge is -2.25. The molecular formula is C20H20N2O5. The summed E-state index contributed by atoms with van der Waals surface area (Å²) in [5, 5.41) is 10.9. The number of aliphatic hydroxyl groups is 1. The third-order valence-corrected chi connectivity index (χ3v) is 4.46. The van der Waals surface area contributed by atoms with E-state index in [9.17, 15) is 14.7 Å². The Bertz CT molecular complexity index is 879. The molecule has 1 unspecified atom stereocenters. The van der Waals surface area contributed by atoms with Gasteiger partial charge in [0.15, 0.2) is 0 Å². The lowest BCUT2D eigenvalue weighted by atomic mass is 9.95. The fourth-order valence-electron chi connectivity index (χ4n) is 3.18. The van der Waals surface area contributed by atoms with Crippen molar-refractivity contribution in [2.75, 3.05) is 27.4 Å². The molecule has 0 radical (unpaired) electrons. The molecule has 1 aliphatic rings. The first-order valence-corrected chi connectivity index (χ1v) is 8.40. The quantitative estimate of drug-likeness (QED) is 0.477. The van der Waals surface area contributed by atoms with Gasteiger partial charge in [-0.05, 0) is 29.8 Å². The van der Waals surface area contributed by atoms with Crippen LogP contribution in [0.4, 0.5) is 0 Å². The van der Waals surface area contributed by atoms with Crippen LogP contribution in [0, 0.1) is 0 Å². The van der Waals surface area contributed by atoms with E-state index in [1.165, 1.54) is 19.1 Å². The maximum Gasteiger partial charge on any atom is 0.295 e. The van der Waals surface area contributed by atoms with Crippen molar-refractivity contribution in [2.45, 2.75) is 6.04 Å². The molecule has 2 aromatic rings. The van der Waals surface area contributed by atoms with Gasteiger partial charge in [-0.25, -0.2) is 0 Å². The molecule has 140 valence electrons. The molecule has 0 bridgehead atoms. The summed E-state index contributed by atoms with van der Waals surface area (Å²) in [4.78, 5) is 30.8. The highest BCUT2D eigenvalue weighted by Gasteiger charge is 2.46. The van der Waals surface area contributed by atoms with E-state index in [-0.39, 0.29) is 24.5 Å². The van der Waals surface area contributed by atoms with Gasteiger partial charge in [-0.3, -0.25) is 14.6 Å². The van der Waals surface area contributed by atoms with Gasteiger partial charge in [-0.15, -0.1) is 0 Å². The van der Waals surface area contributed by atoms with Crippen LogP contribution >= 0.6 is 0 Å². The summed E-state index contributed by atoms with van der Waals surface area (Å²) in [5.41, 5.74) is 1.05. The SMILES string of the molecule is COCCN1C(=O)C(=O)/C(=C(\O)c2ccccc2OC)C1c1ccncc1. The Labute approximate surface area is 156 Å². The predicted octanol–water partition coefficient (Wildman–Crippen LogP) is 2.16. The van der Waals surface area contributed by atoms with E-state index in [4.69, 9.17) is 9.47 Å². The number of likely N-dealkylation sites (tertiary alicyclic amines) is 1. The van der Waals surface area contributed by atoms with Crippen LogP contribution in [0.3, 0.4) is 0 Å². The number of methoxy groups -OCH3 is 2. The van der Waals surface area contributed by atoms with E-state index >= 15 is 0 Å². The first kappa shape index (κ1) is 18.6. The van der Waals surface area contributed by atoms with Gasteiger partial charge >= 0.3 is 0 Å². The Morgan fingerprint density at radius 2 is 1.85 bits per heavy atom. The molecule has 0 saturated carbocycles. The van der Waals surface area contributed by atoms with Crippen LogP contribution in [0.1, 0.15) is 17.2 Å². The van der Waals surface area contributed by atoms with Gasteiger partial charge in [0, 0.05) is 26.0 Å². The number of pyridine rings is 1. The van der Waals surface area contributed by atoms with Crippen LogP contribution in [0.15, 0.2) is 54.4 Å². The Balaban J connectivity index is 2.18. The molecular weight excluding hydrogens is 348 g/mol. The first-order valence-electron chi connectivity index (χ1n) is 8.40. The number of aliphatic hydroxyl groups excluding tert-OH is 1. The molecule has 3 rings (SSSR count). The lowest BCUT2D eigenvalue weighted by molar-refractivity contribution is -0.140. The van der Waals surface area contributed by atoms with Crippen molar-refractivity contribution in [3.05, 3.63) is 65.5 Å². The molecule has 1 fully saturated rings.